The van der Waals surface area contributed by atoms with Crippen molar-refractivity contribution in [1.29, 1.82) is 0 Å². The molecule has 1 amide bonds. The molecule has 6 heteroatoms. The molecular formula is C12H16N2O2S2. The lowest BCUT2D eigenvalue weighted by atomic mass is 10.3. The van der Waals surface area contributed by atoms with Crippen molar-refractivity contribution in [3.8, 4) is 5.75 Å². The minimum Gasteiger partial charge on any atom is -0.484 e. The first-order valence-electron chi connectivity index (χ1n) is 5.42. The van der Waals surface area contributed by atoms with Gasteiger partial charge in [0.15, 0.2) is 0 Å². The van der Waals surface area contributed by atoms with Gasteiger partial charge in [0.1, 0.15) is 17.3 Å². The van der Waals surface area contributed by atoms with Crippen LogP contribution in [0.25, 0.3) is 0 Å². The van der Waals surface area contributed by atoms with Gasteiger partial charge >= 0.3 is 0 Å². The molecule has 0 saturated carbocycles. The van der Waals surface area contributed by atoms with Crippen LogP contribution in [-0.2, 0) is 4.79 Å². The van der Waals surface area contributed by atoms with Crippen molar-refractivity contribution in [1.82, 2.24) is 0 Å². The van der Waals surface area contributed by atoms with Crippen LogP contribution in [0.5, 0.6) is 5.75 Å². The fourth-order valence-electron chi connectivity index (χ4n) is 1.25. The number of amides is 1. The van der Waals surface area contributed by atoms with Crippen molar-refractivity contribution in [3.05, 3.63) is 24.3 Å². The first kappa shape index (κ1) is 14.8. The van der Waals surface area contributed by atoms with Gasteiger partial charge in [-0.1, -0.05) is 24.4 Å². The molecular weight excluding hydrogens is 268 g/mol. The maximum Gasteiger partial charge on any atom is 0.225 e. The predicted molar refractivity (Wildman–Crippen MR) is 80.4 cm³/mol. The van der Waals surface area contributed by atoms with Gasteiger partial charge in [-0.05, 0) is 18.4 Å². The van der Waals surface area contributed by atoms with Gasteiger partial charge in [-0.25, -0.2) is 0 Å². The normalized spacial score (nSPS) is 9.83. The summed E-state index contributed by atoms with van der Waals surface area (Å²) in [5.74, 6) is 1.33. The lowest BCUT2D eigenvalue weighted by Crippen LogP contribution is -2.19. The van der Waals surface area contributed by atoms with E-state index in [9.17, 15) is 4.79 Å². The van der Waals surface area contributed by atoms with Crippen molar-refractivity contribution < 1.29 is 9.53 Å². The standard InChI is InChI=1S/C12H16N2O2S2/c1-18-7-6-12(15)14-9-4-2-3-5-10(9)16-8-11(13)17/h2-5H,6-8H2,1H3,(H2,13,17)(H,14,15). The molecule has 1 aromatic carbocycles. The monoisotopic (exact) mass is 284 g/mol. The molecule has 98 valence electrons. The van der Waals surface area contributed by atoms with Crippen molar-refractivity contribution in [2.24, 2.45) is 5.73 Å². The molecule has 0 heterocycles. The van der Waals surface area contributed by atoms with E-state index in [1.54, 1.807) is 23.9 Å². The molecule has 0 atom stereocenters. The summed E-state index contributed by atoms with van der Waals surface area (Å²) < 4.78 is 5.42. The molecule has 0 saturated heterocycles. The summed E-state index contributed by atoms with van der Waals surface area (Å²) in [6, 6.07) is 7.21. The Bertz CT molecular complexity index is 424. The lowest BCUT2D eigenvalue weighted by Gasteiger charge is -2.11. The molecule has 0 aliphatic heterocycles. The summed E-state index contributed by atoms with van der Waals surface area (Å²) in [4.78, 5) is 11.9. The number of para-hydroxylation sites is 2. The second-order valence-corrected chi connectivity index (χ2v) is 5.05. The molecule has 4 nitrogen and oxygen atoms in total. The van der Waals surface area contributed by atoms with Crippen LogP contribution in [0, 0.1) is 0 Å². The SMILES string of the molecule is CSCCC(=O)Nc1ccccc1OCC(N)=S. The molecule has 0 unspecified atom stereocenters. The molecule has 0 radical (unpaired) electrons. The Morgan fingerprint density at radius 1 is 1.50 bits per heavy atom. The van der Waals surface area contributed by atoms with E-state index in [0.717, 1.165) is 5.75 Å². The Morgan fingerprint density at radius 2 is 2.22 bits per heavy atom. The van der Waals surface area contributed by atoms with Crippen molar-refractivity contribution in [2.45, 2.75) is 6.42 Å². The first-order chi connectivity index (χ1) is 8.63. The second kappa shape index (κ2) is 7.94. The van der Waals surface area contributed by atoms with Gasteiger partial charge in [-0.15, -0.1) is 0 Å². The molecule has 3 N–H and O–H groups in total. The van der Waals surface area contributed by atoms with E-state index in [1.807, 2.05) is 18.4 Å². The molecule has 0 aromatic heterocycles. The van der Waals surface area contributed by atoms with Gasteiger partial charge in [-0.2, -0.15) is 11.8 Å². The highest BCUT2D eigenvalue weighted by atomic mass is 32.2. The van der Waals surface area contributed by atoms with Crippen molar-refractivity contribution >= 4 is 40.6 Å². The van der Waals surface area contributed by atoms with Gasteiger partial charge in [-0.3, -0.25) is 4.79 Å². The highest BCUT2D eigenvalue weighted by molar-refractivity contribution is 7.98. The highest BCUT2D eigenvalue weighted by Crippen LogP contribution is 2.23. The number of ether oxygens (including phenoxy) is 1. The van der Waals surface area contributed by atoms with Crippen LogP contribution in [0.15, 0.2) is 24.3 Å². The van der Waals surface area contributed by atoms with Crippen LogP contribution in [0.1, 0.15) is 6.42 Å². The van der Waals surface area contributed by atoms with E-state index in [-0.39, 0.29) is 17.5 Å². The van der Waals surface area contributed by atoms with E-state index >= 15 is 0 Å². The van der Waals surface area contributed by atoms with E-state index < -0.39 is 0 Å². The molecule has 1 aromatic rings. The van der Waals surface area contributed by atoms with Gasteiger partial charge in [0.2, 0.25) is 5.91 Å². The number of rotatable bonds is 7. The summed E-state index contributed by atoms with van der Waals surface area (Å²) in [7, 11) is 0. The average molecular weight is 284 g/mol. The summed E-state index contributed by atoms with van der Waals surface area (Å²) in [5.41, 5.74) is 6.01. The fraction of sp³-hybridized carbons (Fsp3) is 0.333. The summed E-state index contributed by atoms with van der Waals surface area (Å²) in [6.45, 7) is 0.160. The minimum atomic E-state index is -0.0317. The van der Waals surface area contributed by atoms with Crippen molar-refractivity contribution in [2.75, 3.05) is 23.9 Å². The quantitative estimate of drug-likeness (QED) is 0.750. The van der Waals surface area contributed by atoms with Gasteiger partial charge in [0, 0.05) is 12.2 Å². The second-order valence-electron chi connectivity index (χ2n) is 3.54. The molecule has 0 spiro atoms. The maximum atomic E-state index is 11.6. The van der Waals surface area contributed by atoms with E-state index in [0.29, 0.717) is 17.9 Å². The minimum absolute atomic E-state index is 0.0317. The predicted octanol–water partition coefficient (Wildman–Crippen LogP) is 2.04. The summed E-state index contributed by atoms with van der Waals surface area (Å²) in [5, 5.41) is 2.81. The third kappa shape index (κ3) is 5.37. The maximum absolute atomic E-state index is 11.6. The van der Waals surface area contributed by atoms with E-state index in [2.05, 4.69) is 5.32 Å². The fourth-order valence-corrected chi connectivity index (χ4v) is 1.70. The summed E-state index contributed by atoms with van der Waals surface area (Å²) in [6.07, 6.45) is 2.44. The number of benzene rings is 1. The van der Waals surface area contributed by atoms with E-state index in [1.165, 1.54) is 0 Å². The van der Waals surface area contributed by atoms with Crippen LogP contribution in [-0.4, -0.2) is 29.5 Å². The number of hydrogen-bond acceptors (Lipinski definition) is 4. The number of hydrogen-bond donors (Lipinski definition) is 2. The zero-order valence-electron chi connectivity index (χ0n) is 10.1. The molecule has 0 aliphatic carbocycles. The lowest BCUT2D eigenvalue weighted by molar-refractivity contribution is -0.115. The van der Waals surface area contributed by atoms with Gasteiger partial charge < -0.3 is 15.8 Å². The number of carbonyl (C=O) groups is 1. The van der Waals surface area contributed by atoms with Gasteiger partial charge in [0.05, 0.1) is 5.69 Å². The Labute approximate surface area is 116 Å². The largest absolute Gasteiger partial charge is 0.484 e. The topological polar surface area (TPSA) is 64.3 Å². The zero-order valence-corrected chi connectivity index (χ0v) is 11.8. The van der Waals surface area contributed by atoms with Crippen LogP contribution >= 0.6 is 24.0 Å². The molecule has 18 heavy (non-hydrogen) atoms. The molecule has 0 fully saturated rings. The Kier molecular flexibility index (Phi) is 6.53. The number of nitrogens with one attached hydrogen (secondary N) is 1. The third-order valence-corrected chi connectivity index (χ3v) is 2.79. The van der Waals surface area contributed by atoms with Gasteiger partial charge in [0.25, 0.3) is 0 Å². The first-order valence-corrected chi connectivity index (χ1v) is 7.22. The Balaban J connectivity index is 2.63. The number of thiocarbonyl (C=S) groups is 1. The number of anilines is 1. The van der Waals surface area contributed by atoms with Crippen LogP contribution in [0.4, 0.5) is 5.69 Å². The third-order valence-electron chi connectivity index (χ3n) is 2.06. The van der Waals surface area contributed by atoms with Crippen LogP contribution in [0.3, 0.4) is 0 Å². The molecule has 0 bridgehead atoms. The molecule has 0 aliphatic rings. The highest BCUT2D eigenvalue weighted by Gasteiger charge is 2.07. The van der Waals surface area contributed by atoms with E-state index in [4.69, 9.17) is 22.7 Å². The van der Waals surface area contributed by atoms with Crippen molar-refractivity contribution in [3.63, 3.8) is 0 Å². The summed E-state index contributed by atoms with van der Waals surface area (Å²) >= 11 is 6.38. The Morgan fingerprint density at radius 3 is 2.89 bits per heavy atom. The smallest absolute Gasteiger partial charge is 0.225 e. The average Bonchev–Trinajstić information content (AvgIpc) is 2.35. The molecule has 1 rings (SSSR count). The van der Waals surface area contributed by atoms with Crippen LogP contribution < -0.4 is 15.8 Å². The zero-order chi connectivity index (χ0) is 13.4. The number of thioether (sulfide) groups is 1. The Hall–Kier alpha value is -1.27. The number of nitrogens with two attached hydrogens (primary N) is 1. The number of carbonyl (C=O) groups excluding carboxylic acids is 1. The van der Waals surface area contributed by atoms with Crippen LogP contribution in [0.2, 0.25) is 0 Å².